The summed E-state index contributed by atoms with van der Waals surface area (Å²) in [6.07, 6.45) is 2.41. The van der Waals surface area contributed by atoms with E-state index < -0.39 is 23.6 Å². The first-order valence-corrected chi connectivity index (χ1v) is 6.20. The second-order valence-corrected chi connectivity index (χ2v) is 4.87. The Balaban J connectivity index is 2.02. The van der Waals surface area contributed by atoms with Crippen molar-refractivity contribution in [3.05, 3.63) is 28.8 Å². The number of aromatic nitrogens is 1. The van der Waals surface area contributed by atoms with Crippen molar-refractivity contribution in [3.8, 4) is 0 Å². The summed E-state index contributed by atoms with van der Waals surface area (Å²) in [5, 5.41) is 11.4. The van der Waals surface area contributed by atoms with Gasteiger partial charge in [0.05, 0.1) is 17.7 Å². The van der Waals surface area contributed by atoms with Crippen molar-refractivity contribution in [2.24, 2.45) is 5.92 Å². The molecule has 2 N–H and O–H groups in total. The van der Waals surface area contributed by atoms with Gasteiger partial charge in [0, 0.05) is 6.04 Å². The van der Waals surface area contributed by atoms with Crippen LogP contribution in [0, 0.1) is 11.7 Å². The summed E-state index contributed by atoms with van der Waals surface area (Å²) in [5.41, 5.74) is -0.0413. The van der Waals surface area contributed by atoms with Crippen LogP contribution in [0.25, 0.3) is 0 Å². The van der Waals surface area contributed by atoms with Crippen LogP contribution in [0.1, 0.15) is 29.6 Å². The molecule has 2 atom stereocenters. The summed E-state index contributed by atoms with van der Waals surface area (Å²) in [5.74, 6) is -2.48. The fraction of sp³-hybridized carbons (Fsp3) is 0.417. The topological polar surface area (TPSA) is 79.3 Å². The van der Waals surface area contributed by atoms with Crippen LogP contribution in [0.15, 0.2) is 12.3 Å². The second kappa shape index (κ2) is 5.52. The van der Waals surface area contributed by atoms with Crippen molar-refractivity contribution in [1.29, 1.82) is 0 Å². The van der Waals surface area contributed by atoms with Gasteiger partial charge in [0.2, 0.25) is 0 Å². The third kappa shape index (κ3) is 3.20. The van der Waals surface area contributed by atoms with E-state index in [2.05, 4.69) is 10.3 Å². The van der Waals surface area contributed by atoms with Crippen LogP contribution in [-0.2, 0) is 4.79 Å². The molecular weight excluding hydrogens is 275 g/mol. The number of carbonyl (C=O) groups excluding carboxylic acids is 1. The molecule has 1 heterocycles. The Bertz CT molecular complexity index is 524. The molecule has 1 aromatic rings. The molecule has 2 rings (SSSR count). The Kier molecular flexibility index (Phi) is 3.99. The molecule has 1 aromatic heterocycles. The largest absolute Gasteiger partial charge is 0.481 e. The molecule has 1 aliphatic carbocycles. The summed E-state index contributed by atoms with van der Waals surface area (Å²) in [6.45, 7) is 0. The van der Waals surface area contributed by atoms with Gasteiger partial charge in [-0.3, -0.25) is 9.59 Å². The van der Waals surface area contributed by atoms with Gasteiger partial charge in [0.1, 0.15) is 11.0 Å². The molecule has 102 valence electrons. The number of nitrogens with one attached hydrogen (secondary N) is 1. The van der Waals surface area contributed by atoms with E-state index in [-0.39, 0.29) is 16.8 Å². The van der Waals surface area contributed by atoms with Gasteiger partial charge < -0.3 is 10.4 Å². The van der Waals surface area contributed by atoms with Crippen molar-refractivity contribution in [3.63, 3.8) is 0 Å². The number of hydrogen-bond donors (Lipinski definition) is 2. The second-order valence-electron chi connectivity index (χ2n) is 4.51. The van der Waals surface area contributed by atoms with E-state index in [0.717, 1.165) is 12.3 Å². The van der Waals surface area contributed by atoms with Crippen LogP contribution in [0.4, 0.5) is 4.39 Å². The summed E-state index contributed by atoms with van der Waals surface area (Å²) in [6, 6.07) is 0.779. The lowest BCUT2D eigenvalue weighted by Gasteiger charge is -2.12. The number of halogens is 2. The van der Waals surface area contributed by atoms with Gasteiger partial charge in [-0.15, -0.1) is 0 Å². The molecule has 1 saturated carbocycles. The monoisotopic (exact) mass is 286 g/mol. The summed E-state index contributed by atoms with van der Waals surface area (Å²) < 4.78 is 13.0. The average molecular weight is 287 g/mol. The highest BCUT2D eigenvalue weighted by Gasteiger charge is 2.31. The molecule has 0 aromatic carbocycles. The van der Waals surface area contributed by atoms with Crippen LogP contribution < -0.4 is 5.32 Å². The number of amides is 1. The van der Waals surface area contributed by atoms with Crippen LogP contribution in [-0.4, -0.2) is 28.0 Å². The molecule has 0 saturated heterocycles. The maximum atomic E-state index is 13.0. The lowest BCUT2D eigenvalue weighted by atomic mass is 10.1. The van der Waals surface area contributed by atoms with Gasteiger partial charge in [-0.25, -0.2) is 9.37 Å². The predicted molar refractivity (Wildman–Crippen MR) is 65.4 cm³/mol. The quantitative estimate of drug-likeness (QED) is 0.831. The predicted octanol–water partition coefficient (Wildman–Crippen LogP) is 1.86. The van der Waals surface area contributed by atoms with Crippen LogP contribution in [0.5, 0.6) is 0 Å². The molecule has 0 aliphatic heterocycles. The lowest BCUT2D eigenvalue weighted by Crippen LogP contribution is -2.33. The Morgan fingerprint density at radius 2 is 2.21 bits per heavy atom. The SMILES string of the molecule is O=C(NC1CCC(C(=O)O)C1)c1cc(F)cnc1Cl. The molecule has 1 aliphatic rings. The fourth-order valence-electron chi connectivity index (χ4n) is 2.18. The van der Waals surface area contributed by atoms with Crippen LogP contribution in [0.3, 0.4) is 0 Å². The zero-order chi connectivity index (χ0) is 14.0. The number of nitrogens with zero attached hydrogens (tertiary/aromatic N) is 1. The average Bonchev–Trinajstić information content (AvgIpc) is 2.80. The van der Waals surface area contributed by atoms with Gasteiger partial charge in [-0.05, 0) is 25.3 Å². The summed E-state index contributed by atoms with van der Waals surface area (Å²) in [4.78, 5) is 26.3. The zero-order valence-electron chi connectivity index (χ0n) is 9.90. The van der Waals surface area contributed by atoms with Crippen LogP contribution in [0.2, 0.25) is 5.15 Å². The maximum absolute atomic E-state index is 13.0. The highest BCUT2D eigenvalue weighted by atomic mass is 35.5. The van der Waals surface area contributed by atoms with Crippen LogP contribution >= 0.6 is 11.6 Å². The van der Waals surface area contributed by atoms with E-state index in [1.54, 1.807) is 0 Å². The van der Waals surface area contributed by atoms with E-state index >= 15 is 0 Å². The van der Waals surface area contributed by atoms with Crippen molar-refractivity contribution in [2.75, 3.05) is 0 Å². The smallest absolute Gasteiger partial charge is 0.306 e. The molecule has 7 heteroatoms. The number of carboxylic acid groups (broad SMARTS) is 1. The minimum Gasteiger partial charge on any atom is -0.481 e. The molecule has 0 bridgehead atoms. The van der Waals surface area contributed by atoms with Crippen molar-refractivity contribution in [1.82, 2.24) is 10.3 Å². The van der Waals surface area contributed by atoms with Crippen molar-refractivity contribution in [2.45, 2.75) is 25.3 Å². The molecule has 1 amide bonds. The van der Waals surface area contributed by atoms with Crippen molar-refractivity contribution < 1.29 is 19.1 Å². The summed E-state index contributed by atoms with van der Waals surface area (Å²) >= 11 is 5.72. The van der Waals surface area contributed by atoms with Gasteiger partial charge in [0.25, 0.3) is 5.91 Å². The third-order valence-electron chi connectivity index (χ3n) is 3.17. The minimum atomic E-state index is -0.859. The molecule has 2 unspecified atom stereocenters. The normalized spacial score (nSPS) is 22.2. The first-order chi connectivity index (χ1) is 8.97. The third-order valence-corrected chi connectivity index (χ3v) is 3.47. The highest BCUT2D eigenvalue weighted by Crippen LogP contribution is 2.26. The van der Waals surface area contributed by atoms with Gasteiger partial charge >= 0.3 is 5.97 Å². The minimum absolute atomic E-state index is 0.0413. The number of pyridine rings is 1. The molecule has 5 nitrogen and oxygen atoms in total. The van der Waals surface area contributed by atoms with Gasteiger partial charge in [-0.1, -0.05) is 11.6 Å². The maximum Gasteiger partial charge on any atom is 0.306 e. The standard InChI is InChI=1S/C12H12ClFN2O3/c13-10-9(4-7(14)5-15-10)11(17)16-8-2-1-6(3-8)12(18)19/h4-6,8H,1-3H2,(H,16,17)(H,18,19). The Morgan fingerprint density at radius 3 is 2.84 bits per heavy atom. The molecule has 1 fully saturated rings. The number of hydrogen-bond acceptors (Lipinski definition) is 3. The zero-order valence-corrected chi connectivity index (χ0v) is 10.7. The van der Waals surface area contributed by atoms with Crippen molar-refractivity contribution >= 4 is 23.5 Å². The fourth-order valence-corrected chi connectivity index (χ4v) is 2.37. The van der Waals surface area contributed by atoms with E-state index in [0.29, 0.717) is 19.3 Å². The number of carbonyl (C=O) groups is 2. The van der Waals surface area contributed by atoms with E-state index in [1.807, 2.05) is 0 Å². The molecule has 0 spiro atoms. The van der Waals surface area contributed by atoms with E-state index in [1.165, 1.54) is 0 Å². The molecule has 0 radical (unpaired) electrons. The first-order valence-electron chi connectivity index (χ1n) is 5.82. The van der Waals surface area contributed by atoms with Gasteiger partial charge in [-0.2, -0.15) is 0 Å². The first kappa shape index (κ1) is 13.7. The Labute approximate surface area is 113 Å². The number of rotatable bonds is 3. The van der Waals surface area contributed by atoms with E-state index in [4.69, 9.17) is 16.7 Å². The molecular formula is C12H12ClFN2O3. The van der Waals surface area contributed by atoms with E-state index in [9.17, 15) is 14.0 Å². The highest BCUT2D eigenvalue weighted by molar-refractivity contribution is 6.32. The lowest BCUT2D eigenvalue weighted by molar-refractivity contribution is -0.141. The summed E-state index contributed by atoms with van der Waals surface area (Å²) in [7, 11) is 0. The molecule has 19 heavy (non-hydrogen) atoms. The Hall–Kier alpha value is -1.69. The Morgan fingerprint density at radius 1 is 1.47 bits per heavy atom. The van der Waals surface area contributed by atoms with Gasteiger partial charge in [0.15, 0.2) is 0 Å². The number of aliphatic carboxylic acids is 1. The number of carboxylic acids is 1.